The van der Waals surface area contributed by atoms with Crippen LogP contribution in [0.2, 0.25) is 0 Å². The zero-order valence-electron chi connectivity index (χ0n) is 13.7. The van der Waals surface area contributed by atoms with Gasteiger partial charge in [-0.15, -0.1) is 0 Å². The summed E-state index contributed by atoms with van der Waals surface area (Å²) in [4.78, 5) is 20.6. The number of hydrogen-bond donors (Lipinski definition) is 1. The maximum atomic E-state index is 12.5. The number of aryl methyl sites for hydroxylation is 1. The van der Waals surface area contributed by atoms with Gasteiger partial charge in [0.2, 0.25) is 0 Å². The molecule has 4 heteroatoms. The van der Waals surface area contributed by atoms with Gasteiger partial charge >= 0.3 is 5.97 Å². The summed E-state index contributed by atoms with van der Waals surface area (Å²) in [5, 5.41) is 1.14. The number of nitrogens with one attached hydrogen (secondary N) is 1. The Hall–Kier alpha value is -2.88. The van der Waals surface area contributed by atoms with Crippen molar-refractivity contribution in [2.24, 2.45) is 4.99 Å². The summed E-state index contributed by atoms with van der Waals surface area (Å²) in [5.74, 6) is -0.210. The quantitative estimate of drug-likeness (QED) is 0.732. The van der Waals surface area contributed by atoms with E-state index in [4.69, 9.17) is 9.73 Å². The van der Waals surface area contributed by atoms with Gasteiger partial charge in [0.25, 0.3) is 0 Å². The normalized spacial score (nSPS) is 22.1. The molecular weight excluding hydrogens is 312 g/mol. The average molecular weight is 330 g/mol. The molecule has 3 aromatic rings. The van der Waals surface area contributed by atoms with E-state index in [0.29, 0.717) is 6.42 Å². The Bertz CT molecular complexity index is 1000. The van der Waals surface area contributed by atoms with E-state index >= 15 is 0 Å². The Labute approximate surface area is 145 Å². The zero-order valence-corrected chi connectivity index (χ0v) is 13.7. The molecule has 4 nitrogen and oxygen atoms in total. The van der Waals surface area contributed by atoms with Crippen LogP contribution < -0.4 is 0 Å². The van der Waals surface area contributed by atoms with Crippen molar-refractivity contribution >= 4 is 22.6 Å². The van der Waals surface area contributed by atoms with Crippen molar-refractivity contribution in [2.45, 2.75) is 31.4 Å². The summed E-state index contributed by atoms with van der Waals surface area (Å²) in [7, 11) is 0. The second kappa shape index (κ2) is 5.59. The highest BCUT2D eigenvalue weighted by atomic mass is 16.5. The molecule has 0 radical (unpaired) electrons. The largest absolute Gasteiger partial charge is 0.454 e. The van der Waals surface area contributed by atoms with Crippen molar-refractivity contribution in [3.05, 3.63) is 71.4 Å². The van der Waals surface area contributed by atoms with Crippen molar-refractivity contribution in [3.8, 4) is 0 Å². The van der Waals surface area contributed by atoms with Gasteiger partial charge in [-0.25, -0.2) is 4.79 Å². The number of fused-ring (bicyclic) bond motifs is 4. The van der Waals surface area contributed by atoms with Gasteiger partial charge in [-0.2, -0.15) is 0 Å². The number of aliphatic imine (C=N–C) groups is 1. The number of carbonyl (C=O) groups excluding carboxylic acids is 1. The molecular formula is C21H18N2O2. The molecule has 0 bridgehead atoms. The zero-order chi connectivity index (χ0) is 16.8. The first-order valence-electron chi connectivity index (χ1n) is 8.71. The van der Waals surface area contributed by atoms with Crippen molar-refractivity contribution in [2.75, 3.05) is 0 Å². The van der Waals surface area contributed by atoms with Crippen LogP contribution in [0.15, 0.2) is 59.7 Å². The van der Waals surface area contributed by atoms with Crippen LogP contribution in [-0.4, -0.2) is 28.8 Å². The number of esters is 1. The molecule has 0 fully saturated rings. The van der Waals surface area contributed by atoms with E-state index in [2.05, 4.69) is 29.2 Å². The number of ether oxygens (including phenoxy) is 1. The molecule has 1 aliphatic carbocycles. The SMILES string of the molecule is O=C1O[C@H]2CCc3ccccc3C2=N[C@H]1Cc1c[nH]c2ccccc12. The smallest absolute Gasteiger partial charge is 0.331 e. The first kappa shape index (κ1) is 14.5. The van der Waals surface area contributed by atoms with E-state index < -0.39 is 6.04 Å². The van der Waals surface area contributed by atoms with E-state index in [9.17, 15) is 4.79 Å². The van der Waals surface area contributed by atoms with Crippen LogP contribution in [0.25, 0.3) is 10.9 Å². The molecule has 124 valence electrons. The Balaban J connectivity index is 1.53. The molecule has 25 heavy (non-hydrogen) atoms. The molecule has 5 rings (SSSR count). The van der Waals surface area contributed by atoms with Crippen molar-refractivity contribution in [3.63, 3.8) is 0 Å². The predicted molar refractivity (Wildman–Crippen MR) is 97.0 cm³/mol. The lowest BCUT2D eigenvalue weighted by Crippen LogP contribution is -2.42. The van der Waals surface area contributed by atoms with E-state index in [1.165, 1.54) is 5.56 Å². The minimum Gasteiger partial charge on any atom is -0.454 e. The Kier molecular flexibility index (Phi) is 3.23. The Morgan fingerprint density at radius 3 is 2.92 bits per heavy atom. The van der Waals surface area contributed by atoms with Gasteiger partial charge in [0.05, 0.1) is 5.71 Å². The molecule has 0 unspecified atom stereocenters. The van der Waals surface area contributed by atoms with Crippen LogP contribution in [-0.2, 0) is 22.4 Å². The highest BCUT2D eigenvalue weighted by Gasteiger charge is 2.36. The van der Waals surface area contributed by atoms with Crippen LogP contribution in [0.5, 0.6) is 0 Å². The third-order valence-electron chi connectivity index (χ3n) is 5.19. The molecule has 0 spiro atoms. The van der Waals surface area contributed by atoms with Crippen LogP contribution in [0, 0.1) is 0 Å². The van der Waals surface area contributed by atoms with Crippen LogP contribution in [0.4, 0.5) is 0 Å². The molecule has 2 atom stereocenters. The predicted octanol–water partition coefficient (Wildman–Crippen LogP) is 3.44. The molecule has 2 aliphatic rings. The summed E-state index contributed by atoms with van der Waals surface area (Å²) >= 11 is 0. The third kappa shape index (κ3) is 2.37. The number of rotatable bonds is 2. The Morgan fingerprint density at radius 1 is 1.12 bits per heavy atom. The number of H-pyrrole nitrogens is 1. The van der Waals surface area contributed by atoms with Crippen LogP contribution >= 0.6 is 0 Å². The molecule has 1 aromatic heterocycles. The van der Waals surface area contributed by atoms with E-state index in [0.717, 1.165) is 40.6 Å². The fraction of sp³-hybridized carbons (Fsp3) is 0.238. The molecule has 2 aromatic carbocycles. The highest BCUT2D eigenvalue weighted by Crippen LogP contribution is 2.29. The van der Waals surface area contributed by atoms with Gasteiger partial charge in [-0.05, 0) is 30.0 Å². The fourth-order valence-electron chi connectivity index (χ4n) is 3.93. The number of carbonyl (C=O) groups is 1. The number of hydrogen-bond acceptors (Lipinski definition) is 3. The second-order valence-corrected chi connectivity index (χ2v) is 6.72. The van der Waals surface area contributed by atoms with Gasteiger partial charge in [0, 0.05) is 29.1 Å². The number of aromatic amines is 1. The average Bonchev–Trinajstić information content (AvgIpc) is 3.05. The summed E-state index contributed by atoms with van der Waals surface area (Å²) in [6, 6.07) is 15.9. The van der Waals surface area contributed by atoms with E-state index in [-0.39, 0.29) is 12.1 Å². The summed E-state index contributed by atoms with van der Waals surface area (Å²) < 4.78 is 5.74. The number of aromatic nitrogens is 1. The lowest BCUT2D eigenvalue weighted by molar-refractivity contribution is -0.149. The Morgan fingerprint density at radius 2 is 1.96 bits per heavy atom. The summed E-state index contributed by atoms with van der Waals surface area (Å²) in [5.41, 5.74) is 5.54. The van der Waals surface area contributed by atoms with Crippen LogP contribution in [0.1, 0.15) is 23.1 Å². The summed E-state index contributed by atoms with van der Waals surface area (Å²) in [6.45, 7) is 0. The van der Waals surface area contributed by atoms with E-state index in [1.807, 2.05) is 30.5 Å². The molecule has 0 amide bonds. The first-order chi connectivity index (χ1) is 12.3. The topological polar surface area (TPSA) is 54.4 Å². The lowest BCUT2D eigenvalue weighted by Gasteiger charge is -2.32. The molecule has 1 aliphatic heterocycles. The molecule has 0 saturated heterocycles. The van der Waals surface area contributed by atoms with Gasteiger partial charge in [-0.1, -0.05) is 42.5 Å². The van der Waals surface area contributed by atoms with Gasteiger partial charge in [-0.3, -0.25) is 4.99 Å². The second-order valence-electron chi connectivity index (χ2n) is 6.72. The minimum absolute atomic E-state index is 0.193. The maximum absolute atomic E-state index is 12.5. The van der Waals surface area contributed by atoms with Gasteiger partial charge < -0.3 is 9.72 Å². The van der Waals surface area contributed by atoms with Crippen molar-refractivity contribution < 1.29 is 9.53 Å². The molecule has 0 saturated carbocycles. The number of nitrogens with zero attached hydrogens (tertiary/aromatic N) is 1. The molecule has 2 heterocycles. The maximum Gasteiger partial charge on any atom is 0.331 e. The van der Waals surface area contributed by atoms with E-state index in [1.54, 1.807) is 0 Å². The fourth-order valence-corrected chi connectivity index (χ4v) is 3.93. The number of para-hydroxylation sites is 1. The highest BCUT2D eigenvalue weighted by molar-refractivity contribution is 6.09. The standard InChI is InChI=1S/C21H18N2O2/c24-21-18(11-14-12-22-17-8-4-3-6-15(14)17)23-20-16-7-2-1-5-13(16)9-10-19(20)25-21/h1-8,12,18-19,22H,9-11H2/t18-,19-/m0/s1. The monoisotopic (exact) mass is 330 g/mol. The lowest BCUT2D eigenvalue weighted by atomic mass is 9.86. The number of benzene rings is 2. The summed E-state index contributed by atoms with van der Waals surface area (Å²) in [6.07, 6.45) is 4.09. The van der Waals surface area contributed by atoms with Crippen LogP contribution in [0.3, 0.4) is 0 Å². The van der Waals surface area contributed by atoms with Crippen molar-refractivity contribution in [1.82, 2.24) is 4.98 Å². The minimum atomic E-state index is -0.475. The van der Waals surface area contributed by atoms with Crippen molar-refractivity contribution in [1.29, 1.82) is 0 Å². The van der Waals surface area contributed by atoms with Gasteiger partial charge in [0.15, 0.2) is 6.04 Å². The van der Waals surface area contributed by atoms with Gasteiger partial charge in [0.1, 0.15) is 6.10 Å². The molecule has 1 N–H and O–H groups in total. The third-order valence-corrected chi connectivity index (χ3v) is 5.19. The first-order valence-corrected chi connectivity index (χ1v) is 8.71.